The summed E-state index contributed by atoms with van der Waals surface area (Å²) in [5.74, 6) is -3.40. The Morgan fingerprint density at radius 1 is 1.09 bits per heavy atom. The molecule has 0 spiro atoms. The van der Waals surface area contributed by atoms with Crippen molar-refractivity contribution < 1.29 is 26.3 Å². The number of benzene rings is 2. The lowest BCUT2D eigenvalue weighted by molar-refractivity contribution is 0.190. The molecule has 1 aliphatic heterocycles. The first-order valence-electron chi connectivity index (χ1n) is 10.5. The van der Waals surface area contributed by atoms with Crippen LogP contribution < -0.4 is 14.8 Å². The fraction of sp³-hybridized carbons (Fsp3) is 0.261. The predicted molar refractivity (Wildman–Crippen MR) is 122 cm³/mol. The number of ether oxygens (including phenoxy) is 1. The fourth-order valence-corrected chi connectivity index (χ4v) is 5.11. The van der Waals surface area contributed by atoms with Gasteiger partial charge in [-0.05, 0) is 48.7 Å². The molecule has 0 saturated carbocycles. The molecule has 0 bridgehead atoms. The second kappa shape index (κ2) is 10.2. The van der Waals surface area contributed by atoms with E-state index in [2.05, 4.69) is 10.3 Å². The number of pyridine rings is 1. The molecule has 1 fully saturated rings. The van der Waals surface area contributed by atoms with Gasteiger partial charge in [-0.1, -0.05) is 23.7 Å². The highest BCUT2D eigenvalue weighted by Crippen LogP contribution is 2.33. The van der Waals surface area contributed by atoms with Gasteiger partial charge in [0.1, 0.15) is 22.3 Å². The van der Waals surface area contributed by atoms with E-state index in [1.165, 1.54) is 0 Å². The summed E-state index contributed by atoms with van der Waals surface area (Å²) in [7, 11) is -4.51. The Kier molecular flexibility index (Phi) is 7.30. The summed E-state index contributed by atoms with van der Waals surface area (Å²) in [6.45, 7) is 1.54. The van der Waals surface area contributed by atoms with E-state index in [0.717, 1.165) is 36.9 Å². The van der Waals surface area contributed by atoms with Crippen LogP contribution in [0, 0.1) is 23.4 Å². The lowest BCUT2D eigenvalue weighted by atomic mass is 9.81. The monoisotopic (exact) mass is 511 g/mol. The number of nitrogens with one attached hydrogen (secondary N) is 2. The molecular weight excluding hydrogens is 491 g/mol. The van der Waals surface area contributed by atoms with Crippen LogP contribution in [-0.2, 0) is 10.0 Å². The van der Waals surface area contributed by atoms with E-state index >= 15 is 0 Å². The standard InChI is InChI=1S/C23H21ClF3N3O3S/c24-16-3-1-14(2-4-16)18-7-8-28-11-15(18)13-33-21-9-20(27)22(10-19(21)26)34(31,32)30-23-6-5-17(25)12-29-23/h1-6,9-10,12,15,18,28H,7-8,11,13H2,(H,29,30)/t15-,18-/m1/s1. The quantitative estimate of drug-likeness (QED) is 0.479. The first-order chi connectivity index (χ1) is 16.2. The van der Waals surface area contributed by atoms with Crippen molar-refractivity contribution in [3.05, 3.63) is 82.8 Å². The van der Waals surface area contributed by atoms with Crippen LogP contribution in [0.4, 0.5) is 19.0 Å². The van der Waals surface area contributed by atoms with Gasteiger partial charge in [0.15, 0.2) is 11.6 Å². The average Bonchev–Trinajstić information content (AvgIpc) is 2.81. The van der Waals surface area contributed by atoms with Crippen LogP contribution in [0.2, 0.25) is 5.02 Å². The van der Waals surface area contributed by atoms with Crippen LogP contribution in [-0.4, -0.2) is 33.1 Å². The van der Waals surface area contributed by atoms with Crippen molar-refractivity contribution in [3.8, 4) is 5.75 Å². The highest BCUT2D eigenvalue weighted by atomic mass is 35.5. The summed E-state index contributed by atoms with van der Waals surface area (Å²) in [5, 5.41) is 3.90. The number of hydrogen-bond donors (Lipinski definition) is 2. The minimum Gasteiger partial charge on any atom is -0.490 e. The molecule has 1 aromatic heterocycles. The lowest BCUT2D eigenvalue weighted by Gasteiger charge is -2.32. The summed E-state index contributed by atoms with van der Waals surface area (Å²) in [4.78, 5) is 2.64. The molecule has 1 saturated heterocycles. The number of piperidine rings is 1. The molecular formula is C23H21ClF3N3O3S. The van der Waals surface area contributed by atoms with Crippen LogP contribution in [0.3, 0.4) is 0 Å². The van der Waals surface area contributed by atoms with E-state index in [4.69, 9.17) is 16.3 Å². The summed E-state index contributed by atoms with van der Waals surface area (Å²) < 4.78 is 74.9. The molecule has 0 radical (unpaired) electrons. The highest BCUT2D eigenvalue weighted by molar-refractivity contribution is 7.92. The minimum absolute atomic E-state index is 0.0213. The third-order valence-electron chi connectivity index (χ3n) is 5.60. The average molecular weight is 512 g/mol. The molecule has 2 N–H and O–H groups in total. The third-order valence-corrected chi connectivity index (χ3v) is 7.22. The molecule has 2 atom stereocenters. The number of rotatable bonds is 7. The Morgan fingerprint density at radius 3 is 2.56 bits per heavy atom. The highest BCUT2D eigenvalue weighted by Gasteiger charge is 2.28. The van der Waals surface area contributed by atoms with Gasteiger partial charge in [-0.25, -0.2) is 26.6 Å². The number of anilines is 1. The maximum atomic E-state index is 14.7. The molecule has 6 nitrogen and oxygen atoms in total. The lowest BCUT2D eigenvalue weighted by Crippen LogP contribution is -2.38. The number of aromatic nitrogens is 1. The topological polar surface area (TPSA) is 80.3 Å². The van der Waals surface area contributed by atoms with Crippen molar-refractivity contribution in [2.24, 2.45) is 5.92 Å². The van der Waals surface area contributed by atoms with E-state index in [-0.39, 0.29) is 24.3 Å². The molecule has 34 heavy (non-hydrogen) atoms. The van der Waals surface area contributed by atoms with E-state index < -0.39 is 38.1 Å². The van der Waals surface area contributed by atoms with Crippen LogP contribution in [0.5, 0.6) is 5.75 Å². The predicted octanol–water partition coefficient (Wildman–Crippen LogP) is 4.73. The van der Waals surface area contributed by atoms with E-state index in [9.17, 15) is 21.6 Å². The van der Waals surface area contributed by atoms with Crippen LogP contribution >= 0.6 is 11.6 Å². The van der Waals surface area contributed by atoms with Crippen LogP contribution in [0.25, 0.3) is 0 Å². The van der Waals surface area contributed by atoms with Crippen molar-refractivity contribution in [2.75, 3.05) is 24.4 Å². The minimum atomic E-state index is -4.51. The third kappa shape index (κ3) is 5.63. The summed E-state index contributed by atoms with van der Waals surface area (Å²) in [6.07, 6.45) is 1.63. The molecule has 2 aromatic carbocycles. The Balaban J connectivity index is 1.49. The number of sulfonamides is 1. The molecule has 4 rings (SSSR count). The van der Waals surface area contributed by atoms with Crippen molar-refractivity contribution in [3.63, 3.8) is 0 Å². The van der Waals surface area contributed by atoms with Gasteiger partial charge in [-0.15, -0.1) is 0 Å². The smallest absolute Gasteiger partial charge is 0.266 e. The van der Waals surface area contributed by atoms with Crippen molar-refractivity contribution >= 4 is 27.4 Å². The maximum Gasteiger partial charge on any atom is 0.266 e. The molecule has 2 heterocycles. The van der Waals surface area contributed by atoms with Crippen molar-refractivity contribution in [1.29, 1.82) is 0 Å². The Hall–Kier alpha value is -2.82. The summed E-state index contributed by atoms with van der Waals surface area (Å²) >= 11 is 5.98. The van der Waals surface area contributed by atoms with Gasteiger partial charge in [0.2, 0.25) is 0 Å². The maximum absolute atomic E-state index is 14.7. The SMILES string of the molecule is O=S(=O)(Nc1ccc(F)cn1)c1cc(F)c(OC[C@H]2CNCC[C@@H]2c2ccc(Cl)cc2)cc1F. The number of hydrogen-bond acceptors (Lipinski definition) is 5. The second-order valence-corrected chi connectivity index (χ2v) is 9.99. The first kappa shape index (κ1) is 24.3. The first-order valence-corrected chi connectivity index (χ1v) is 12.3. The molecule has 0 amide bonds. The van der Waals surface area contributed by atoms with Gasteiger partial charge in [-0.2, -0.15) is 0 Å². The largest absolute Gasteiger partial charge is 0.490 e. The Labute approximate surface area is 200 Å². The summed E-state index contributed by atoms with van der Waals surface area (Å²) in [6, 6.07) is 10.8. The molecule has 0 unspecified atom stereocenters. The van der Waals surface area contributed by atoms with Crippen molar-refractivity contribution in [1.82, 2.24) is 10.3 Å². The van der Waals surface area contributed by atoms with Crippen LogP contribution in [0.15, 0.2) is 59.6 Å². The molecule has 3 aromatic rings. The number of nitrogens with zero attached hydrogens (tertiary/aromatic N) is 1. The van der Waals surface area contributed by atoms with E-state index in [1.54, 1.807) is 12.1 Å². The molecule has 0 aliphatic carbocycles. The number of halogens is 4. The van der Waals surface area contributed by atoms with Gasteiger partial charge in [-0.3, -0.25) is 4.72 Å². The normalized spacial score (nSPS) is 18.5. The molecule has 11 heteroatoms. The van der Waals surface area contributed by atoms with Crippen LogP contribution in [0.1, 0.15) is 17.9 Å². The van der Waals surface area contributed by atoms with Crippen molar-refractivity contribution in [2.45, 2.75) is 17.2 Å². The zero-order valence-electron chi connectivity index (χ0n) is 17.8. The Bertz CT molecular complexity index is 1260. The molecule has 180 valence electrons. The van der Waals surface area contributed by atoms with Gasteiger partial charge in [0, 0.05) is 29.6 Å². The van der Waals surface area contributed by atoms with Gasteiger partial charge >= 0.3 is 0 Å². The zero-order chi connectivity index (χ0) is 24.3. The summed E-state index contributed by atoms with van der Waals surface area (Å²) in [5.41, 5.74) is 1.08. The zero-order valence-corrected chi connectivity index (χ0v) is 19.3. The molecule has 1 aliphatic rings. The second-order valence-electron chi connectivity index (χ2n) is 7.90. The van der Waals surface area contributed by atoms with Gasteiger partial charge in [0.05, 0.1) is 12.8 Å². The Morgan fingerprint density at radius 2 is 1.85 bits per heavy atom. The fourth-order valence-electron chi connectivity index (χ4n) is 3.90. The van der Waals surface area contributed by atoms with Gasteiger partial charge in [0.25, 0.3) is 10.0 Å². The van der Waals surface area contributed by atoms with E-state index in [0.29, 0.717) is 23.7 Å². The van der Waals surface area contributed by atoms with Gasteiger partial charge < -0.3 is 10.1 Å². The van der Waals surface area contributed by atoms with E-state index in [1.807, 2.05) is 16.9 Å².